The molecule has 4 rings (SSSR count). The third-order valence-electron chi connectivity index (χ3n) is 6.08. The molecule has 4 heterocycles. The van der Waals surface area contributed by atoms with Crippen molar-refractivity contribution in [2.24, 2.45) is 0 Å². The molecule has 0 aromatic heterocycles. The second kappa shape index (κ2) is 14.3. The van der Waals surface area contributed by atoms with E-state index in [1.807, 2.05) is 0 Å². The topological polar surface area (TPSA) is 81.4 Å². The normalized spacial score (nSPS) is 36.3. The monoisotopic (exact) mass is 963 g/mol. The molecule has 0 spiro atoms. The van der Waals surface area contributed by atoms with E-state index in [1.165, 1.54) is 0 Å². The van der Waals surface area contributed by atoms with Crippen LogP contribution in [0.25, 0.3) is 4.85 Å². The first-order valence-corrected chi connectivity index (χ1v) is 12.4. The van der Waals surface area contributed by atoms with E-state index in [-0.39, 0.29) is 119 Å². The van der Waals surface area contributed by atoms with Crippen molar-refractivity contribution in [2.75, 3.05) is 39.8 Å². The third-order valence-corrected chi connectivity index (χ3v) is 8.19. The summed E-state index contributed by atoms with van der Waals surface area (Å²) in [7, 11) is -1.44. The molecule has 0 amide bonds. The first-order valence-electron chi connectivity index (χ1n) is 12.0. The van der Waals surface area contributed by atoms with Crippen molar-refractivity contribution in [3.8, 4) is 0 Å². The van der Waals surface area contributed by atoms with E-state index in [0.29, 0.717) is 19.8 Å². The maximum Gasteiger partial charge on any atom is 0.259 e. The molecule has 7 atom stereocenters. The third kappa shape index (κ3) is 7.25. The Balaban J connectivity index is 0.00000228. The zero-order valence-electron chi connectivity index (χ0n) is 21.7. The molecule has 4 aliphatic rings. The predicted molar refractivity (Wildman–Crippen MR) is 118 cm³/mol. The molecule has 0 N–H and O–H groups in total. The van der Waals surface area contributed by atoms with Gasteiger partial charge in [0.15, 0.2) is 0 Å². The van der Waals surface area contributed by atoms with Crippen LogP contribution >= 0.6 is 8.53 Å². The fourth-order valence-electron chi connectivity index (χ4n) is 4.52. The van der Waals surface area contributed by atoms with E-state index in [4.69, 9.17) is 45.4 Å². The van der Waals surface area contributed by atoms with Crippen LogP contribution in [0.2, 0.25) is 0 Å². The predicted octanol–water partition coefficient (Wildman–Crippen LogP) is 2.69. The van der Waals surface area contributed by atoms with Crippen molar-refractivity contribution < 1.29 is 101 Å². The largest absolute Gasteiger partial charge is 0.542 e. The Morgan fingerprint density at radius 1 is 1.11 bits per heavy atom. The standard InChI is InChI=1S/C22H35N2O8P.2U/c1-15(2)24(16(3)4)33(31-8-7-23-6)32-20-18-10-30-22(20,13-27-18)12-25-14-28-19-17-9-29-21(19,5)11-26-17;;/h9-10,15-20H,7-8,11-14H2,1-5H3;;/q-2;;/t17-,18-,19-,20-,21-,22-,33?;;/m0../s1/i5D;;. The molecule has 4 aliphatic heterocycles. The van der Waals surface area contributed by atoms with E-state index in [0.717, 1.165) is 0 Å². The van der Waals surface area contributed by atoms with Crippen LogP contribution in [-0.4, -0.2) is 92.1 Å². The molecule has 0 aromatic carbocycles. The molecule has 196 valence electrons. The van der Waals surface area contributed by atoms with Crippen LogP contribution in [0.4, 0.5) is 0 Å². The maximum absolute atomic E-state index is 7.80. The second-order valence-electron chi connectivity index (χ2n) is 9.29. The molecule has 10 nitrogen and oxygen atoms in total. The van der Waals surface area contributed by atoms with Crippen molar-refractivity contribution in [1.82, 2.24) is 4.67 Å². The van der Waals surface area contributed by atoms with E-state index < -0.39 is 25.8 Å². The van der Waals surface area contributed by atoms with Gasteiger partial charge in [0.1, 0.15) is 19.0 Å². The average molecular weight is 964 g/mol. The minimum absolute atomic E-state index is 0. The van der Waals surface area contributed by atoms with E-state index >= 15 is 0 Å². The number of ether oxygens (including phenoxy) is 6. The number of hydrogen-bond acceptors (Lipinski definition) is 9. The fraction of sp³-hybridized carbons (Fsp3) is 0.864. The van der Waals surface area contributed by atoms with Crippen molar-refractivity contribution in [1.29, 1.82) is 0 Å². The number of nitrogens with zero attached hydrogens (tertiary/aromatic N) is 2. The minimum Gasteiger partial charge on any atom is -0.542 e. The first-order chi connectivity index (χ1) is 16.4. The SMILES string of the molecule is [2H]C[C@@]12CO[C@@H]([CH-]O1)[C@@H]2OCOC[C@@]12CO[C@@H]([CH-]O1)[C@@H]2OP(OCC[N+]#[C-])N(C(C)C)C(C)C.[U].[U]. The van der Waals surface area contributed by atoms with Gasteiger partial charge in [0.2, 0.25) is 6.54 Å². The minimum atomic E-state index is -1.44. The van der Waals surface area contributed by atoms with Crippen LogP contribution in [0.5, 0.6) is 0 Å². The van der Waals surface area contributed by atoms with Gasteiger partial charge in [-0.15, -0.1) is 0 Å². The zero-order valence-corrected chi connectivity index (χ0v) is 29.9. The molecule has 0 saturated carbocycles. The summed E-state index contributed by atoms with van der Waals surface area (Å²) in [6, 6.07) is 0.383. The van der Waals surface area contributed by atoms with Gasteiger partial charge >= 0.3 is 0 Å². The Bertz CT molecular complexity index is 713. The Kier molecular flexibility index (Phi) is 12.8. The summed E-state index contributed by atoms with van der Waals surface area (Å²) in [6.07, 6.45) is -1.39. The summed E-state index contributed by atoms with van der Waals surface area (Å²) in [5.74, 6) is 0. The molecule has 4 fully saturated rings. The van der Waals surface area contributed by atoms with Crippen LogP contribution in [-0.2, 0) is 37.5 Å². The molecule has 0 aliphatic carbocycles. The van der Waals surface area contributed by atoms with E-state index in [9.17, 15) is 0 Å². The smallest absolute Gasteiger partial charge is 0.259 e. The quantitative estimate of drug-likeness (QED) is 0.120. The Labute approximate surface area is 259 Å². The van der Waals surface area contributed by atoms with Crippen LogP contribution in [0, 0.1) is 82.0 Å². The van der Waals surface area contributed by atoms with Crippen molar-refractivity contribution in [3.05, 3.63) is 24.6 Å². The van der Waals surface area contributed by atoms with Gasteiger partial charge in [0.05, 0.1) is 37.6 Å². The van der Waals surface area contributed by atoms with Crippen LogP contribution < -0.4 is 0 Å². The van der Waals surface area contributed by atoms with E-state index in [2.05, 4.69) is 37.2 Å². The van der Waals surface area contributed by atoms with Gasteiger partial charge in [-0.2, -0.15) is 13.2 Å². The summed E-state index contributed by atoms with van der Waals surface area (Å²) < 4.78 is 57.5. The van der Waals surface area contributed by atoms with Crippen molar-refractivity contribution >= 4 is 8.53 Å². The Morgan fingerprint density at radius 2 is 1.80 bits per heavy atom. The molecular weight excluding hydrogens is 927 g/mol. The van der Waals surface area contributed by atoms with Crippen LogP contribution in [0.15, 0.2) is 0 Å². The summed E-state index contributed by atoms with van der Waals surface area (Å²) in [5, 5.41) is 0. The fourth-order valence-corrected chi connectivity index (χ4v) is 6.33. The Morgan fingerprint density at radius 3 is 2.37 bits per heavy atom. The van der Waals surface area contributed by atoms with Gasteiger partial charge in [-0.05, 0) is 46.8 Å². The zero-order chi connectivity index (χ0) is 24.3. The second-order valence-corrected chi connectivity index (χ2v) is 10.7. The average Bonchev–Trinajstić information content (AvgIpc) is 3.54. The summed E-state index contributed by atoms with van der Waals surface area (Å²) in [5.41, 5.74) is -1.56. The van der Waals surface area contributed by atoms with Gasteiger partial charge in [0.25, 0.3) is 8.53 Å². The Hall–Kier alpha value is 1.66. The molecule has 13 heteroatoms. The molecular formula is C22H35N2O8PU2-2. The van der Waals surface area contributed by atoms with Crippen LogP contribution in [0.1, 0.15) is 36.0 Å². The number of rotatable bonds is 13. The maximum atomic E-state index is 7.80. The summed E-state index contributed by atoms with van der Waals surface area (Å²) in [4.78, 5) is 3.39. The molecule has 1 unspecified atom stereocenters. The van der Waals surface area contributed by atoms with Crippen LogP contribution in [0.3, 0.4) is 0 Å². The van der Waals surface area contributed by atoms with E-state index in [1.54, 1.807) is 13.2 Å². The first kappa shape index (κ1) is 31.2. The number of hydrogen-bond donors (Lipinski definition) is 0. The number of fused-ring (bicyclic) bond motifs is 4. The van der Waals surface area contributed by atoms with Crippen molar-refractivity contribution in [2.45, 2.75) is 82.3 Å². The molecule has 35 heavy (non-hydrogen) atoms. The summed E-state index contributed by atoms with van der Waals surface area (Å²) >= 11 is 0. The molecule has 0 aromatic rings. The molecule has 4 saturated heterocycles. The van der Waals surface area contributed by atoms with Gasteiger partial charge in [-0.25, -0.2) is 11.2 Å². The molecule has 0 radical (unpaired) electrons. The van der Waals surface area contributed by atoms with Gasteiger partial charge in [-0.1, -0.05) is 0 Å². The molecule has 4 bridgehead atoms. The van der Waals surface area contributed by atoms with Gasteiger partial charge in [-0.3, -0.25) is 0 Å². The van der Waals surface area contributed by atoms with Crippen molar-refractivity contribution in [3.63, 3.8) is 0 Å². The summed E-state index contributed by atoms with van der Waals surface area (Å²) in [6.45, 7) is 20.2. The van der Waals surface area contributed by atoms with Gasteiger partial charge < -0.3 is 42.3 Å². The van der Waals surface area contributed by atoms with Gasteiger partial charge in [0, 0.05) is 75.7 Å².